The molecule has 3 rings (SSSR count). The van der Waals surface area contributed by atoms with Crippen LogP contribution in [0.2, 0.25) is 0 Å². The summed E-state index contributed by atoms with van der Waals surface area (Å²) in [6.45, 7) is 4.88. The van der Waals surface area contributed by atoms with E-state index in [1.165, 1.54) is 38.6 Å². The van der Waals surface area contributed by atoms with E-state index < -0.39 is 0 Å². The summed E-state index contributed by atoms with van der Waals surface area (Å²) in [5.41, 5.74) is 0.623. The van der Waals surface area contributed by atoms with E-state index >= 15 is 0 Å². The number of hydrogen-bond acceptors (Lipinski definition) is 3. The van der Waals surface area contributed by atoms with Crippen LogP contribution in [0.15, 0.2) is 12.4 Å². The maximum atomic E-state index is 12.0. The van der Waals surface area contributed by atoms with Crippen molar-refractivity contribution in [1.82, 2.24) is 19.8 Å². The number of carbonyl (C=O) groups is 1. The van der Waals surface area contributed by atoms with E-state index in [0.717, 1.165) is 25.3 Å². The number of hydrogen-bond donors (Lipinski definition) is 1. The Kier molecular flexibility index (Phi) is 5.05. The summed E-state index contributed by atoms with van der Waals surface area (Å²) in [4.78, 5) is 18.7. The molecule has 1 saturated heterocycles. The first-order valence-corrected chi connectivity index (χ1v) is 9.03. The summed E-state index contributed by atoms with van der Waals surface area (Å²) < 4.78 is 2.10. The van der Waals surface area contributed by atoms with Gasteiger partial charge in [0.1, 0.15) is 5.82 Å². The van der Waals surface area contributed by atoms with Gasteiger partial charge < -0.3 is 14.8 Å². The van der Waals surface area contributed by atoms with Gasteiger partial charge >= 0.3 is 0 Å². The van der Waals surface area contributed by atoms with E-state index in [0.29, 0.717) is 17.9 Å². The number of carbonyl (C=O) groups excluding carboxylic acids is 1. The Morgan fingerprint density at radius 3 is 2.87 bits per heavy atom. The summed E-state index contributed by atoms with van der Waals surface area (Å²) in [6, 6.07) is 0.515. The minimum Gasteiger partial charge on any atom is -0.355 e. The Hall–Kier alpha value is -1.36. The molecule has 1 aromatic rings. The first-order chi connectivity index (χ1) is 11.1. The van der Waals surface area contributed by atoms with Crippen molar-refractivity contribution in [3.63, 3.8) is 0 Å². The van der Waals surface area contributed by atoms with Crippen molar-refractivity contribution < 1.29 is 4.79 Å². The van der Waals surface area contributed by atoms with E-state index in [1.54, 1.807) is 0 Å². The molecule has 2 fully saturated rings. The highest BCUT2D eigenvalue weighted by atomic mass is 16.1. The molecule has 128 valence electrons. The Morgan fingerprint density at radius 1 is 1.43 bits per heavy atom. The zero-order chi connectivity index (χ0) is 16.3. The van der Waals surface area contributed by atoms with E-state index in [-0.39, 0.29) is 5.91 Å². The predicted octanol–water partition coefficient (Wildman–Crippen LogP) is 2.35. The molecule has 1 aliphatic carbocycles. The molecule has 1 aliphatic heterocycles. The zero-order valence-electron chi connectivity index (χ0n) is 14.6. The number of nitrogens with zero attached hydrogens (tertiary/aromatic N) is 3. The Labute approximate surface area is 139 Å². The van der Waals surface area contributed by atoms with Gasteiger partial charge in [-0.3, -0.25) is 4.79 Å². The number of piperidine rings is 1. The lowest BCUT2D eigenvalue weighted by molar-refractivity contribution is -0.121. The minimum absolute atomic E-state index is 0.181. The second-order valence-electron chi connectivity index (χ2n) is 7.54. The van der Waals surface area contributed by atoms with Gasteiger partial charge in [-0.25, -0.2) is 4.98 Å². The topological polar surface area (TPSA) is 50.2 Å². The molecule has 5 heteroatoms. The molecule has 1 atom stereocenters. The Bertz CT molecular complexity index is 535. The fourth-order valence-corrected chi connectivity index (χ4v) is 4.14. The van der Waals surface area contributed by atoms with Gasteiger partial charge in [-0.15, -0.1) is 0 Å². The lowest BCUT2D eigenvalue weighted by Crippen LogP contribution is -2.53. The van der Waals surface area contributed by atoms with Crippen LogP contribution in [-0.2, 0) is 11.3 Å². The van der Waals surface area contributed by atoms with Crippen molar-refractivity contribution in [3.8, 4) is 0 Å². The van der Waals surface area contributed by atoms with Crippen LogP contribution in [0, 0.1) is 12.3 Å². The molecule has 1 saturated carbocycles. The molecule has 1 spiro atoms. The first-order valence-electron chi connectivity index (χ1n) is 9.03. The van der Waals surface area contributed by atoms with Crippen LogP contribution >= 0.6 is 0 Å². The Morgan fingerprint density at radius 2 is 2.26 bits per heavy atom. The molecule has 1 N–H and O–H groups in total. The third kappa shape index (κ3) is 3.94. The monoisotopic (exact) mass is 318 g/mol. The zero-order valence-corrected chi connectivity index (χ0v) is 14.6. The maximum Gasteiger partial charge on any atom is 0.220 e. The third-order valence-corrected chi connectivity index (χ3v) is 5.89. The van der Waals surface area contributed by atoms with Gasteiger partial charge in [0.15, 0.2) is 0 Å². The highest BCUT2D eigenvalue weighted by molar-refractivity contribution is 5.75. The van der Waals surface area contributed by atoms with Crippen LogP contribution in [0.1, 0.15) is 50.8 Å². The number of rotatable bonds is 6. The van der Waals surface area contributed by atoms with Crippen molar-refractivity contribution in [1.29, 1.82) is 0 Å². The van der Waals surface area contributed by atoms with Crippen molar-refractivity contribution in [2.24, 2.45) is 5.41 Å². The third-order valence-electron chi connectivity index (χ3n) is 5.89. The van der Waals surface area contributed by atoms with Crippen LogP contribution in [-0.4, -0.2) is 46.5 Å². The van der Waals surface area contributed by atoms with Gasteiger partial charge in [-0.2, -0.15) is 0 Å². The number of imidazole rings is 1. The number of aryl methyl sites for hydroxylation is 2. The summed E-state index contributed by atoms with van der Waals surface area (Å²) in [5.74, 6) is 1.19. The van der Waals surface area contributed by atoms with Crippen molar-refractivity contribution >= 4 is 5.91 Å². The average Bonchev–Trinajstić information content (AvgIpc) is 2.90. The second-order valence-corrected chi connectivity index (χ2v) is 7.54. The van der Waals surface area contributed by atoms with Gasteiger partial charge in [0, 0.05) is 44.5 Å². The molecule has 0 radical (unpaired) electrons. The van der Waals surface area contributed by atoms with Gasteiger partial charge in [0.05, 0.1) is 0 Å². The molecule has 2 aliphatic rings. The molecule has 5 nitrogen and oxygen atoms in total. The molecular formula is C18H30N4O. The lowest BCUT2D eigenvalue weighted by Gasteiger charge is -2.51. The van der Waals surface area contributed by atoms with Crippen LogP contribution in [0.25, 0.3) is 0 Å². The van der Waals surface area contributed by atoms with Crippen LogP contribution < -0.4 is 5.32 Å². The summed E-state index contributed by atoms with van der Waals surface area (Å²) in [5, 5.41) is 3.14. The maximum absolute atomic E-state index is 12.0. The SMILES string of the molecule is Cc1nccn1CCCC(=O)NCC1CCC2(CCC2)CN1C. The number of aromatic nitrogens is 2. The molecule has 1 amide bonds. The number of amides is 1. The quantitative estimate of drug-likeness (QED) is 0.876. The number of likely N-dealkylation sites (tertiary alicyclic amines) is 1. The van der Waals surface area contributed by atoms with Crippen LogP contribution in [0.5, 0.6) is 0 Å². The molecule has 1 aromatic heterocycles. The largest absolute Gasteiger partial charge is 0.355 e. The van der Waals surface area contributed by atoms with E-state index in [9.17, 15) is 4.79 Å². The van der Waals surface area contributed by atoms with Gasteiger partial charge in [0.2, 0.25) is 5.91 Å². The summed E-state index contributed by atoms with van der Waals surface area (Å²) in [7, 11) is 2.22. The average molecular weight is 318 g/mol. The molecule has 2 heterocycles. The van der Waals surface area contributed by atoms with Gasteiger partial charge in [-0.05, 0) is 51.5 Å². The molecule has 23 heavy (non-hydrogen) atoms. The van der Waals surface area contributed by atoms with Crippen molar-refractivity contribution in [3.05, 3.63) is 18.2 Å². The second kappa shape index (κ2) is 7.04. The smallest absolute Gasteiger partial charge is 0.220 e. The predicted molar refractivity (Wildman–Crippen MR) is 91.1 cm³/mol. The van der Waals surface area contributed by atoms with Crippen LogP contribution in [0.3, 0.4) is 0 Å². The van der Waals surface area contributed by atoms with Gasteiger partial charge in [0.25, 0.3) is 0 Å². The molecule has 0 aromatic carbocycles. The number of nitrogens with one attached hydrogen (secondary N) is 1. The summed E-state index contributed by atoms with van der Waals surface area (Å²) >= 11 is 0. The normalized spacial score (nSPS) is 23.7. The van der Waals surface area contributed by atoms with E-state index in [1.807, 2.05) is 19.3 Å². The molecule has 1 unspecified atom stereocenters. The molecule has 0 bridgehead atoms. The van der Waals surface area contributed by atoms with Crippen molar-refractivity contribution in [2.75, 3.05) is 20.1 Å². The number of likely N-dealkylation sites (N-methyl/N-ethyl adjacent to an activating group) is 1. The van der Waals surface area contributed by atoms with Crippen LogP contribution in [0.4, 0.5) is 0 Å². The van der Waals surface area contributed by atoms with Crippen molar-refractivity contribution in [2.45, 2.75) is 64.5 Å². The standard InChI is InChI=1S/C18H30N4O/c1-15-19-10-12-22(15)11-3-5-17(23)20-13-16-6-9-18(7-4-8-18)14-21(16)2/h10,12,16H,3-9,11,13-14H2,1-2H3,(H,20,23). The van der Waals surface area contributed by atoms with E-state index in [2.05, 4.69) is 26.8 Å². The van der Waals surface area contributed by atoms with Gasteiger partial charge in [-0.1, -0.05) is 6.42 Å². The minimum atomic E-state index is 0.181. The van der Waals surface area contributed by atoms with E-state index in [4.69, 9.17) is 0 Å². The molecular weight excluding hydrogens is 288 g/mol. The first kappa shape index (κ1) is 16.5. The highest BCUT2D eigenvalue weighted by Crippen LogP contribution is 2.48. The summed E-state index contributed by atoms with van der Waals surface area (Å²) in [6.07, 6.45) is 12.0. The highest BCUT2D eigenvalue weighted by Gasteiger charge is 2.42. The fraction of sp³-hybridized carbons (Fsp3) is 0.778. The Balaban J connectivity index is 1.33. The fourth-order valence-electron chi connectivity index (χ4n) is 4.14. The lowest BCUT2D eigenvalue weighted by atomic mass is 9.63.